The number of likely N-dealkylation sites (tertiary alicyclic amines) is 1. The highest BCUT2D eigenvalue weighted by molar-refractivity contribution is 6.01. The van der Waals surface area contributed by atoms with E-state index in [1.807, 2.05) is 12.1 Å². The fraction of sp³-hybridized carbons (Fsp3) is 0.571. The zero-order chi connectivity index (χ0) is 18.3. The molecule has 1 aromatic rings. The lowest BCUT2D eigenvalue weighted by Gasteiger charge is -2.28. The third kappa shape index (κ3) is 3.27. The van der Waals surface area contributed by atoms with Gasteiger partial charge < -0.3 is 5.32 Å². The van der Waals surface area contributed by atoms with E-state index in [9.17, 15) is 14.4 Å². The molecule has 138 valence electrons. The summed E-state index contributed by atoms with van der Waals surface area (Å²) in [6, 6.07) is 7.43. The number of benzene rings is 1. The van der Waals surface area contributed by atoms with Gasteiger partial charge in [-0.1, -0.05) is 18.6 Å². The monoisotopic (exact) mass is 354 g/mol. The molecule has 1 heterocycles. The number of nitrogens with one attached hydrogen (secondary N) is 1. The van der Waals surface area contributed by atoms with Crippen LogP contribution in [-0.4, -0.2) is 28.7 Å². The highest BCUT2D eigenvalue weighted by atomic mass is 16.2. The molecule has 0 aromatic heterocycles. The number of rotatable bonds is 5. The topological polar surface area (TPSA) is 66.5 Å². The molecular formula is C21H26N2O3. The fourth-order valence-corrected chi connectivity index (χ4v) is 5.05. The predicted octanol–water partition coefficient (Wildman–Crippen LogP) is 2.89. The first kappa shape index (κ1) is 17.3. The van der Waals surface area contributed by atoms with Crippen LogP contribution in [0.3, 0.4) is 0 Å². The molecule has 4 atom stereocenters. The number of hydrogen-bond donors (Lipinski definition) is 1. The second-order valence-electron chi connectivity index (χ2n) is 8.17. The van der Waals surface area contributed by atoms with Gasteiger partial charge >= 0.3 is 0 Å². The van der Waals surface area contributed by atoms with Gasteiger partial charge in [-0.2, -0.15) is 0 Å². The minimum atomic E-state index is -0.114. The zero-order valence-electron chi connectivity index (χ0n) is 15.2. The first-order valence-corrected chi connectivity index (χ1v) is 9.74. The summed E-state index contributed by atoms with van der Waals surface area (Å²) in [5, 5.41) is 3.17. The molecule has 3 fully saturated rings. The van der Waals surface area contributed by atoms with Gasteiger partial charge in [-0.25, -0.2) is 0 Å². The standard InChI is InChI=1S/C21H26N2O3/c1-13(18-11-15-4-7-17(18)10-15)22-21(26)16-5-2-14(3-6-16)12-23-19(24)8-9-20(23)25/h2-3,5-6,13,15,17-18H,4,7-12H2,1H3,(H,22,26)/t13-,15+,17+,18-/m1/s1. The first-order valence-electron chi connectivity index (χ1n) is 9.74. The summed E-state index contributed by atoms with van der Waals surface area (Å²) in [6.07, 6.45) is 5.89. The Balaban J connectivity index is 1.35. The molecule has 26 heavy (non-hydrogen) atoms. The summed E-state index contributed by atoms with van der Waals surface area (Å²) in [5.74, 6) is 2.00. The van der Waals surface area contributed by atoms with Gasteiger partial charge in [0.15, 0.2) is 0 Å². The SMILES string of the molecule is C[C@@H](NC(=O)c1ccc(CN2C(=O)CCC2=O)cc1)[C@H]1C[C@H]2CC[C@H]1C2. The molecule has 0 radical (unpaired) electrons. The highest BCUT2D eigenvalue weighted by Crippen LogP contribution is 2.49. The van der Waals surface area contributed by atoms with Gasteiger partial charge in [0.2, 0.25) is 11.8 Å². The van der Waals surface area contributed by atoms with Crippen LogP contribution in [-0.2, 0) is 16.1 Å². The molecule has 0 spiro atoms. The molecule has 4 rings (SSSR count). The van der Waals surface area contributed by atoms with Crippen LogP contribution in [0.25, 0.3) is 0 Å². The van der Waals surface area contributed by atoms with Crippen molar-refractivity contribution in [2.24, 2.45) is 17.8 Å². The Morgan fingerprint density at radius 2 is 1.81 bits per heavy atom. The van der Waals surface area contributed by atoms with E-state index < -0.39 is 0 Å². The number of carbonyl (C=O) groups excluding carboxylic acids is 3. The Kier molecular flexibility index (Phi) is 4.55. The van der Waals surface area contributed by atoms with Crippen molar-refractivity contribution in [3.63, 3.8) is 0 Å². The lowest BCUT2D eigenvalue weighted by Crippen LogP contribution is -2.40. The summed E-state index contributed by atoms with van der Waals surface area (Å²) < 4.78 is 0. The van der Waals surface area contributed by atoms with E-state index in [1.165, 1.54) is 30.6 Å². The normalized spacial score (nSPS) is 28.7. The van der Waals surface area contributed by atoms with Gasteiger partial charge in [-0.15, -0.1) is 0 Å². The van der Waals surface area contributed by atoms with Crippen LogP contribution in [0.2, 0.25) is 0 Å². The second-order valence-corrected chi connectivity index (χ2v) is 8.17. The van der Waals surface area contributed by atoms with E-state index >= 15 is 0 Å². The molecule has 5 nitrogen and oxygen atoms in total. The third-order valence-corrected chi connectivity index (χ3v) is 6.51. The molecule has 2 saturated carbocycles. The maximum Gasteiger partial charge on any atom is 0.251 e. The van der Waals surface area contributed by atoms with Gasteiger partial charge in [0, 0.05) is 24.4 Å². The van der Waals surface area contributed by atoms with Gasteiger partial charge in [-0.05, 0) is 61.6 Å². The van der Waals surface area contributed by atoms with Gasteiger partial charge in [0.05, 0.1) is 6.54 Å². The van der Waals surface area contributed by atoms with Crippen LogP contribution in [0, 0.1) is 17.8 Å². The molecule has 0 unspecified atom stereocenters. The van der Waals surface area contributed by atoms with Crippen LogP contribution >= 0.6 is 0 Å². The summed E-state index contributed by atoms with van der Waals surface area (Å²) in [4.78, 5) is 37.3. The van der Waals surface area contributed by atoms with Crippen LogP contribution in [0.5, 0.6) is 0 Å². The summed E-state index contributed by atoms with van der Waals surface area (Å²) in [5.41, 5.74) is 1.49. The van der Waals surface area contributed by atoms with Crippen molar-refractivity contribution in [3.05, 3.63) is 35.4 Å². The van der Waals surface area contributed by atoms with Crippen LogP contribution < -0.4 is 5.32 Å². The molecule has 3 aliphatic rings. The minimum absolute atomic E-state index is 0.0415. The smallest absolute Gasteiger partial charge is 0.251 e. The van der Waals surface area contributed by atoms with Gasteiger partial charge in [0.25, 0.3) is 5.91 Å². The fourth-order valence-electron chi connectivity index (χ4n) is 5.05. The largest absolute Gasteiger partial charge is 0.349 e. The molecule has 5 heteroatoms. The van der Waals surface area contributed by atoms with Crippen molar-refractivity contribution in [1.29, 1.82) is 0 Å². The second kappa shape index (κ2) is 6.86. The molecule has 2 aliphatic carbocycles. The number of imide groups is 1. The van der Waals surface area contributed by atoms with Crippen LogP contribution in [0.4, 0.5) is 0 Å². The Morgan fingerprint density at radius 1 is 1.12 bits per heavy atom. The summed E-state index contributed by atoms with van der Waals surface area (Å²) in [7, 11) is 0. The molecule has 1 aliphatic heterocycles. The average molecular weight is 354 g/mol. The number of hydrogen-bond acceptors (Lipinski definition) is 3. The van der Waals surface area contributed by atoms with Crippen molar-refractivity contribution in [3.8, 4) is 0 Å². The Labute approximate surface area is 154 Å². The molecular weight excluding hydrogens is 328 g/mol. The number of fused-ring (bicyclic) bond motifs is 2. The minimum Gasteiger partial charge on any atom is -0.349 e. The van der Waals surface area contributed by atoms with E-state index in [2.05, 4.69) is 12.2 Å². The van der Waals surface area contributed by atoms with Crippen molar-refractivity contribution in [2.75, 3.05) is 0 Å². The summed E-state index contributed by atoms with van der Waals surface area (Å²) >= 11 is 0. The molecule has 2 bridgehead atoms. The zero-order valence-corrected chi connectivity index (χ0v) is 15.2. The van der Waals surface area contributed by atoms with Crippen molar-refractivity contribution in [1.82, 2.24) is 10.2 Å². The van der Waals surface area contributed by atoms with E-state index in [0.717, 1.165) is 17.4 Å². The lowest BCUT2D eigenvalue weighted by molar-refractivity contribution is -0.139. The molecule has 3 amide bonds. The van der Waals surface area contributed by atoms with E-state index in [-0.39, 0.29) is 23.8 Å². The van der Waals surface area contributed by atoms with Gasteiger partial charge in [0.1, 0.15) is 0 Å². The highest BCUT2D eigenvalue weighted by Gasteiger charge is 2.42. The predicted molar refractivity (Wildman–Crippen MR) is 97.1 cm³/mol. The molecule has 1 saturated heterocycles. The van der Waals surface area contributed by atoms with Crippen molar-refractivity contribution in [2.45, 2.75) is 58.0 Å². The third-order valence-electron chi connectivity index (χ3n) is 6.51. The quantitative estimate of drug-likeness (QED) is 0.827. The van der Waals surface area contributed by atoms with Crippen molar-refractivity contribution < 1.29 is 14.4 Å². The van der Waals surface area contributed by atoms with Crippen molar-refractivity contribution >= 4 is 17.7 Å². The van der Waals surface area contributed by atoms with Crippen LogP contribution in [0.15, 0.2) is 24.3 Å². The van der Waals surface area contributed by atoms with E-state index in [1.54, 1.807) is 12.1 Å². The average Bonchev–Trinajstić information content (AvgIpc) is 3.34. The van der Waals surface area contributed by atoms with Gasteiger partial charge in [-0.3, -0.25) is 19.3 Å². The van der Waals surface area contributed by atoms with E-state index in [4.69, 9.17) is 0 Å². The lowest BCUT2D eigenvalue weighted by atomic mass is 9.84. The number of amides is 3. The maximum atomic E-state index is 12.5. The molecule has 1 N–H and O–H groups in total. The van der Waals surface area contributed by atoms with Crippen LogP contribution in [0.1, 0.15) is 61.4 Å². The number of carbonyl (C=O) groups is 3. The summed E-state index contributed by atoms with van der Waals surface area (Å²) in [6.45, 7) is 2.42. The maximum absolute atomic E-state index is 12.5. The Hall–Kier alpha value is -2.17. The van der Waals surface area contributed by atoms with E-state index in [0.29, 0.717) is 30.9 Å². The molecule has 1 aromatic carbocycles. The Bertz CT molecular complexity index is 711. The number of nitrogens with zero attached hydrogens (tertiary/aromatic N) is 1. The Morgan fingerprint density at radius 3 is 2.38 bits per heavy atom. The first-order chi connectivity index (χ1) is 12.5.